The first-order chi connectivity index (χ1) is 20.0. The van der Waals surface area contributed by atoms with Gasteiger partial charge in [0.1, 0.15) is 18.3 Å². The fraction of sp³-hybridized carbons (Fsp3) is 0.394. The molecular weight excluding hydrogens is 550 g/mol. The van der Waals surface area contributed by atoms with Crippen molar-refractivity contribution in [2.75, 3.05) is 24.0 Å². The molecule has 0 aliphatic carbocycles. The summed E-state index contributed by atoms with van der Waals surface area (Å²) in [7, 11) is -4.19. The summed E-state index contributed by atoms with van der Waals surface area (Å²) in [5.74, 6) is -0.187. The number of amides is 2. The number of carbonyl (C=O) groups is 2. The van der Waals surface area contributed by atoms with Crippen molar-refractivity contribution in [2.45, 2.75) is 65.4 Å². The number of sulfonamides is 1. The molecule has 3 aromatic carbocycles. The molecule has 226 valence electrons. The Labute approximate surface area is 250 Å². The number of carbonyl (C=O) groups excluding carboxylic acids is 2. The van der Waals surface area contributed by atoms with Crippen LogP contribution in [0.25, 0.3) is 0 Å². The molecule has 0 saturated heterocycles. The maximum atomic E-state index is 14.3. The van der Waals surface area contributed by atoms with Crippen LogP contribution in [-0.2, 0) is 26.2 Å². The third-order valence-electron chi connectivity index (χ3n) is 6.83. The van der Waals surface area contributed by atoms with Crippen molar-refractivity contribution in [3.8, 4) is 5.75 Å². The highest BCUT2D eigenvalue weighted by Crippen LogP contribution is 2.33. The lowest BCUT2D eigenvalue weighted by Gasteiger charge is -2.33. The van der Waals surface area contributed by atoms with Crippen LogP contribution in [-0.4, -0.2) is 50.9 Å². The number of hydrogen-bond donors (Lipinski definition) is 1. The Morgan fingerprint density at radius 1 is 0.905 bits per heavy atom. The molecule has 42 heavy (non-hydrogen) atoms. The number of nitrogens with zero attached hydrogens (tertiary/aromatic N) is 2. The van der Waals surface area contributed by atoms with Gasteiger partial charge in [0.15, 0.2) is 0 Å². The summed E-state index contributed by atoms with van der Waals surface area (Å²) in [6, 6.07) is 20.2. The molecule has 0 unspecified atom stereocenters. The highest BCUT2D eigenvalue weighted by atomic mass is 32.2. The Bertz CT molecular complexity index is 1450. The monoisotopic (exact) mass is 593 g/mol. The quantitative estimate of drug-likeness (QED) is 0.267. The van der Waals surface area contributed by atoms with Gasteiger partial charge in [-0.2, -0.15) is 0 Å². The highest BCUT2D eigenvalue weighted by Gasteiger charge is 2.34. The molecule has 0 saturated carbocycles. The number of hydrogen-bond acceptors (Lipinski definition) is 5. The van der Waals surface area contributed by atoms with Gasteiger partial charge in [0, 0.05) is 13.1 Å². The number of benzene rings is 3. The third-order valence-corrected chi connectivity index (χ3v) is 8.60. The minimum atomic E-state index is -4.19. The van der Waals surface area contributed by atoms with E-state index in [0.29, 0.717) is 25.3 Å². The predicted octanol–water partition coefficient (Wildman–Crippen LogP) is 5.48. The second kappa shape index (κ2) is 14.9. The Hall–Kier alpha value is -3.85. The molecule has 0 bridgehead atoms. The first-order valence-electron chi connectivity index (χ1n) is 14.4. The topological polar surface area (TPSA) is 96.0 Å². The largest absolute Gasteiger partial charge is 0.492 e. The molecule has 0 fully saturated rings. The van der Waals surface area contributed by atoms with Crippen molar-refractivity contribution < 1.29 is 22.7 Å². The van der Waals surface area contributed by atoms with E-state index in [-0.39, 0.29) is 29.0 Å². The Balaban J connectivity index is 2.10. The zero-order valence-corrected chi connectivity index (χ0v) is 26.3. The Morgan fingerprint density at radius 2 is 1.60 bits per heavy atom. The fourth-order valence-corrected chi connectivity index (χ4v) is 6.07. The molecule has 3 rings (SSSR count). The molecule has 0 spiro atoms. The van der Waals surface area contributed by atoms with Crippen LogP contribution in [0.15, 0.2) is 77.7 Å². The molecule has 0 radical (unpaired) electrons. The van der Waals surface area contributed by atoms with Crippen LogP contribution < -0.4 is 14.4 Å². The number of ether oxygens (including phenoxy) is 1. The van der Waals surface area contributed by atoms with Gasteiger partial charge in [-0.05, 0) is 62.9 Å². The van der Waals surface area contributed by atoms with E-state index in [1.54, 1.807) is 36.4 Å². The van der Waals surface area contributed by atoms with Crippen molar-refractivity contribution in [1.82, 2.24) is 10.2 Å². The molecular formula is C33H43N3O5S. The van der Waals surface area contributed by atoms with E-state index in [4.69, 9.17) is 4.74 Å². The van der Waals surface area contributed by atoms with Gasteiger partial charge in [0.2, 0.25) is 11.8 Å². The molecule has 1 atom stereocenters. The molecule has 9 heteroatoms. The standard InChI is InChI=1S/C33H43N3O5S/c1-7-29(33(38)34-21-24(3)4)35(22-27-13-11-12-26(6)20-27)32(37)23-36(30-14-9-10-15-31(30)41-8-2)42(39,40)28-18-16-25(5)17-19-28/h9-20,24,29H,7-8,21-23H2,1-6H3,(H,34,38)/t29-/m1/s1. The zero-order chi connectivity index (χ0) is 30.9. The summed E-state index contributed by atoms with van der Waals surface area (Å²) < 4.78 is 35.1. The van der Waals surface area contributed by atoms with Crippen molar-refractivity contribution in [3.05, 3.63) is 89.5 Å². The summed E-state index contributed by atoms with van der Waals surface area (Å²) in [6.07, 6.45) is 0.363. The maximum absolute atomic E-state index is 14.3. The maximum Gasteiger partial charge on any atom is 0.264 e. The van der Waals surface area contributed by atoms with Crippen molar-refractivity contribution >= 4 is 27.5 Å². The van der Waals surface area contributed by atoms with Crippen LogP contribution in [0.3, 0.4) is 0 Å². The van der Waals surface area contributed by atoms with Crippen LogP contribution in [0.5, 0.6) is 5.75 Å². The minimum absolute atomic E-state index is 0.0548. The lowest BCUT2D eigenvalue weighted by molar-refractivity contribution is -0.140. The van der Waals surface area contributed by atoms with E-state index >= 15 is 0 Å². The number of anilines is 1. The van der Waals surface area contributed by atoms with Crippen LogP contribution in [0.4, 0.5) is 5.69 Å². The smallest absolute Gasteiger partial charge is 0.264 e. The summed E-state index contributed by atoms with van der Waals surface area (Å²) in [5, 5.41) is 2.95. The molecule has 3 aromatic rings. The lowest BCUT2D eigenvalue weighted by Crippen LogP contribution is -2.52. The molecule has 0 aromatic heterocycles. The zero-order valence-electron chi connectivity index (χ0n) is 25.5. The van der Waals surface area contributed by atoms with E-state index in [9.17, 15) is 18.0 Å². The first kappa shape index (κ1) is 32.7. The second-order valence-electron chi connectivity index (χ2n) is 10.8. The van der Waals surface area contributed by atoms with Gasteiger partial charge in [0.05, 0.1) is 17.2 Å². The summed E-state index contributed by atoms with van der Waals surface area (Å²) in [6.45, 7) is 11.9. The van der Waals surface area contributed by atoms with E-state index in [1.165, 1.54) is 17.0 Å². The molecule has 1 N–H and O–H groups in total. The lowest BCUT2D eigenvalue weighted by atomic mass is 10.1. The van der Waals surface area contributed by atoms with Gasteiger partial charge in [-0.15, -0.1) is 0 Å². The average molecular weight is 594 g/mol. The van der Waals surface area contributed by atoms with Crippen LogP contribution in [0, 0.1) is 19.8 Å². The Kier molecular flexibility index (Phi) is 11.6. The number of rotatable bonds is 14. The van der Waals surface area contributed by atoms with E-state index in [1.807, 2.05) is 65.8 Å². The van der Waals surface area contributed by atoms with E-state index in [2.05, 4.69) is 5.32 Å². The summed E-state index contributed by atoms with van der Waals surface area (Å²) >= 11 is 0. The van der Waals surface area contributed by atoms with Gasteiger partial charge >= 0.3 is 0 Å². The summed E-state index contributed by atoms with van der Waals surface area (Å²) in [4.78, 5) is 29.2. The van der Waals surface area contributed by atoms with Crippen LogP contribution >= 0.6 is 0 Å². The SMILES string of the molecule is CCOc1ccccc1N(CC(=O)N(Cc1cccc(C)c1)[C@H](CC)C(=O)NCC(C)C)S(=O)(=O)c1ccc(C)cc1. The summed E-state index contributed by atoms with van der Waals surface area (Å²) in [5.41, 5.74) is 3.03. The van der Waals surface area contributed by atoms with Gasteiger partial charge in [-0.3, -0.25) is 13.9 Å². The van der Waals surface area contributed by atoms with Crippen molar-refractivity contribution in [3.63, 3.8) is 0 Å². The van der Waals surface area contributed by atoms with Gasteiger partial charge < -0.3 is 15.0 Å². The fourth-order valence-electron chi connectivity index (χ4n) is 4.64. The van der Waals surface area contributed by atoms with Crippen molar-refractivity contribution in [2.24, 2.45) is 5.92 Å². The van der Waals surface area contributed by atoms with Crippen LogP contribution in [0.1, 0.15) is 50.8 Å². The molecule has 2 amide bonds. The van der Waals surface area contributed by atoms with Crippen molar-refractivity contribution in [1.29, 1.82) is 0 Å². The first-order valence-corrected chi connectivity index (χ1v) is 15.9. The van der Waals surface area contributed by atoms with Gasteiger partial charge in [-0.25, -0.2) is 8.42 Å². The van der Waals surface area contributed by atoms with Crippen LogP contribution in [0.2, 0.25) is 0 Å². The highest BCUT2D eigenvalue weighted by molar-refractivity contribution is 7.92. The molecule has 0 aliphatic rings. The second-order valence-corrected chi connectivity index (χ2v) is 12.7. The third kappa shape index (κ3) is 8.35. The average Bonchev–Trinajstić information content (AvgIpc) is 2.95. The number of para-hydroxylation sites is 2. The molecule has 0 heterocycles. The van der Waals surface area contributed by atoms with E-state index < -0.39 is 28.5 Å². The Morgan fingerprint density at radius 3 is 2.21 bits per heavy atom. The molecule has 8 nitrogen and oxygen atoms in total. The normalized spacial score (nSPS) is 12.1. The number of nitrogens with one attached hydrogen (secondary N) is 1. The van der Waals surface area contributed by atoms with E-state index in [0.717, 1.165) is 21.0 Å². The number of aryl methyl sites for hydroxylation is 2. The van der Waals surface area contributed by atoms with Gasteiger partial charge in [0.25, 0.3) is 10.0 Å². The molecule has 0 aliphatic heterocycles. The predicted molar refractivity (Wildman–Crippen MR) is 167 cm³/mol. The van der Waals surface area contributed by atoms with Gasteiger partial charge in [-0.1, -0.05) is 80.4 Å². The minimum Gasteiger partial charge on any atom is -0.492 e.